The Bertz CT molecular complexity index is 907. The summed E-state index contributed by atoms with van der Waals surface area (Å²) >= 11 is 0. The van der Waals surface area contributed by atoms with Crippen molar-refractivity contribution >= 4 is 5.97 Å². The van der Waals surface area contributed by atoms with Gasteiger partial charge in [0, 0.05) is 0 Å². The van der Waals surface area contributed by atoms with E-state index in [0.717, 1.165) is 44.9 Å². The van der Waals surface area contributed by atoms with Crippen LogP contribution in [0.15, 0.2) is 11.6 Å². The van der Waals surface area contributed by atoms with Crippen molar-refractivity contribution < 1.29 is 20.1 Å². The minimum Gasteiger partial charge on any atom is -0.481 e. The Morgan fingerprint density at radius 2 is 1.62 bits per heavy atom. The smallest absolute Gasteiger partial charge is 0.310 e. The second kappa shape index (κ2) is 7.34. The first kappa shape index (κ1) is 24.8. The largest absolute Gasteiger partial charge is 0.481 e. The normalized spacial score (nSPS) is 56.3. The standard InChI is InChI=1S/C30H48O4/c1-17-10-13-30(25(33)34)15-14-28(6)19(23(30)18(17)2)8-9-22-27(5)16-20(31)24(32)26(3,4)21(27)11-12-29(22,28)7/h8,17-18,20-24,31-32H,9-16H2,1-7H3,(H,33,34)/t17-,18+,20-,21+,22?,23+,24+,27+,28+,29-,30+/m1/s1. The Kier molecular flexibility index (Phi) is 5.36. The molecule has 0 aromatic carbocycles. The SMILES string of the molecule is C[C@H]1[C@H](C)CC[C@]2(C(=O)O)CC[C@@]3(C)C(=CCC4[C@@]5(C)C[C@@H](O)[C@H](O)C(C)(C)[C@@H]5CC[C@]43C)[C@H]12. The van der Waals surface area contributed by atoms with E-state index in [4.69, 9.17) is 0 Å². The number of hydrogen-bond acceptors (Lipinski definition) is 3. The minimum atomic E-state index is -0.679. The Balaban J connectivity index is 1.62. The van der Waals surface area contributed by atoms with Crippen LogP contribution in [0.25, 0.3) is 0 Å². The summed E-state index contributed by atoms with van der Waals surface area (Å²) in [5.41, 5.74) is 0.574. The first-order valence-electron chi connectivity index (χ1n) is 14.0. The molecule has 4 nitrogen and oxygen atoms in total. The molecule has 3 N–H and O–H groups in total. The lowest BCUT2D eigenvalue weighted by Gasteiger charge is -2.71. The molecule has 0 spiro atoms. The first-order valence-corrected chi connectivity index (χ1v) is 14.0. The van der Waals surface area contributed by atoms with Crippen LogP contribution >= 0.6 is 0 Å². The van der Waals surface area contributed by atoms with E-state index in [0.29, 0.717) is 30.1 Å². The van der Waals surface area contributed by atoms with E-state index in [9.17, 15) is 20.1 Å². The van der Waals surface area contributed by atoms with Crippen molar-refractivity contribution in [3.63, 3.8) is 0 Å². The van der Waals surface area contributed by atoms with Gasteiger partial charge in [-0.05, 0) is 103 Å². The fraction of sp³-hybridized carbons (Fsp3) is 0.900. The first-order chi connectivity index (χ1) is 15.7. The molecule has 0 aromatic rings. The number of allylic oxidation sites excluding steroid dienone is 2. The van der Waals surface area contributed by atoms with E-state index in [1.54, 1.807) is 0 Å². The zero-order valence-corrected chi connectivity index (χ0v) is 22.5. The maximum absolute atomic E-state index is 12.8. The van der Waals surface area contributed by atoms with E-state index in [-0.39, 0.29) is 27.6 Å². The number of hydrogen-bond donors (Lipinski definition) is 3. The van der Waals surface area contributed by atoms with Gasteiger partial charge in [-0.15, -0.1) is 0 Å². The van der Waals surface area contributed by atoms with Crippen LogP contribution in [-0.2, 0) is 4.79 Å². The molecular formula is C30H48O4. The van der Waals surface area contributed by atoms with Crippen LogP contribution < -0.4 is 0 Å². The molecule has 4 heteroatoms. The van der Waals surface area contributed by atoms with Crippen molar-refractivity contribution in [3.05, 3.63) is 11.6 Å². The van der Waals surface area contributed by atoms with E-state index >= 15 is 0 Å². The maximum Gasteiger partial charge on any atom is 0.310 e. The Labute approximate surface area is 206 Å². The van der Waals surface area contributed by atoms with Crippen LogP contribution in [0.5, 0.6) is 0 Å². The lowest BCUT2D eigenvalue weighted by atomic mass is 9.33. The lowest BCUT2D eigenvalue weighted by Crippen LogP contribution is -2.67. The van der Waals surface area contributed by atoms with Crippen molar-refractivity contribution in [3.8, 4) is 0 Å². The third kappa shape index (κ3) is 2.76. The van der Waals surface area contributed by atoms with E-state index < -0.39 is 23.6 Å². The summed E-state index contributed by atoms with van der Waals surface area (Å²) < 4.78 is 0. The van der Waals surface area contributed by atoms with E-state index in [1.807, 2.05) is 0 Å². The highest BCUT2D eigenvalue weighted by Crippen LogP contribution is 2.75. The quantitative estimate of drug-likeness (QED) is 0.405. The number of aliphatic hydroxyl groups is 2. The van der Waals surface area contributed by atoms with Gasteiger partial charge in [0.1, 0.15) is 0 Å². The summed E-state index contributed by atoms with van der Waals surface area (Å²) in [7, 11) is 0. The molecule has 0 saturated heterocycles. The fourth-order valence-electron chi connectivity index (χ4n) is 11.0. The van der Waals surface area contributed by atoms with Gasteiger partial charge in [-0.2, -0.15) is 0 Å². The predicted octanol–water partition coefficient (Wildman–Crippen LogP) is 6.06. The van der Waals surface area contributed by atoms with Gasteiger partial charge in [-0.1, -0.05) is 60.1 Å². The Hall–Kier alpha value is -0.870. The van der Waals surface area contributed by atoms with Gasteiger partial charge in [-0.3, -0.25) is 4.79 Å². The number of carbonyl (C=O) groups is 1. The molecule has 0 aliphatic heterocycles. The minimum absolute atomic E-state index is 0.00993. The maximum atomic E-state index is 12.8. The molecule has 11 atom stereocenters. The van der Waals surface area contributed by atoms with E-state index in [2.05, 4.69) is 54.5 Å². The Morgan fingerprint density at radius 1 is 0.941 bits per heavy atom. The number of aliphatic hydroxyl groups excluding tert-OH is 2. The number of rotatable bonds is 1. The van der Waals surface area contributed by atoms with Crippen LogP contribution in [0, 0.1) is 56.7 Å². The second-order valence-corrected chi connectivity index (χ2v) is 14.6. The van der Waals surface area contributed by atoms with Crippen LogP contribution in [0.2, 0.25) is 0 Å². The number of carboxylic acids is 1. The van der Waals surface area contributed by atoms with Crippen molar-refractivity contribution in [2.45, 2.75) is 112 Å². The van der Waals surface area contributed by atoms with Crippen molar-refractivity contribution in [1.29, 1.82) is 0 Å². The van der Waals surface area contributed by atoms with Crippen LogP contribution in [0.1, 0.15) is 99.8 Å². The average molecular weight is 473 g/mol. The van der Waals surface area contributed by atoms with Gasteiger partial charge in [0.25, 0.3) is 0 Å². The van der Waals surface area contributed by atoms with Crippen LogP contribution in [0.3, 0.4) is 0 Å². The Morgan fingerprint density at radius 3 is 2.26 bits per heavy atom. The molecular weight excluding hydrogens is 424 g/mol. The summed E-state index contributed by atoms with van der Waals surface area (Å²) in [6.45, 7) is 16.3. The summed E-state index contributed by atoms with van der Waals surface area (Å²) in [6, 6.07) is 0. The van der Waals surface area contributed by atoms with Gasteiger partial charge in [0.15, 0.2) is 0 Å². The summed E-state index contributed by atoms with van der Waals surface area (Å²) in [5, 5.41) is 32.4. The third-order valence-corrected chi connectivity index (χ3v) is 13.4. The second-order valence-electron chi connectivity index (χ2n) is 14.6. The molecule has 4 fully saturated rings. The van der Waals surface area contributed by atoms with Crippen molar-refractivity contribution in [1.82, 2.24) is 0 Å². The van der Waals surface area contributed by atoms with Gasteiger partial charge in [0.2, 0.25) is 0 Å². The molecule has 5 rings (SSSR count). The van der Waals surface area contributed by atoms with Crippen molar-refractivity contribution in [2.75, 3.05) is 0 Å². The molecule has 4 saturated carbocycles. The van der Waals surface area contributed by atoms with E-state index in [1.165, 1.54) is 5.57 Å². The van der Waals surface area contributed by atoms with Gasteiger partial charge < -0.3 is 15.3 Å². The monoisotopic (exact) mass is 472 g/mol. The molecule has 0 amide bonds. The molecule has 0 bridgehead atoms. The van der Waals surface area contributed by atoms with Crippen LogP contribution in [0.4, 0.5) is 0 Å². The molecule has 1 unspecified atom stereocenters. The molecule has 5 aliphatic rings. The highest BCUT2D eigenvalue weighted by atomic mass is 16.4. The number of aliphatic carboxylic acids is 1. The summed E-state index contributed by atoms with van der Waals surface area (Å²) in [5.74, 6) is 1.30. The van der Waals surface area contributed by atoms with Gasteiger partial charge >= 0.3 is 5.97 Å². The van der Waals surface area contributed by atoms with Crippen molar-refractivity contribution in [2.24, 2.45) is 56.7 Å². The summed E-state index contributed by atoms with van der Waals surface area (Å²) in [6.07, 6.45) is 8.53. The highest BCUT2D eigenvalue weighted by Gasteiger charge is 2.70. The molecule has 0 heterocycles. The molecule has 34 heavy (non-hydrogen) atoms. The molecule has 5 aliphatic carbocycles. The number of carboxylic acid groups (broad SMARTS) is 1. The predicted molar refractivity (Wildman–Crippen MR) is 134 cm³/mol. The summed E-state index contributed by atoms with van der Waals surface area (Å²) in [4.78, 5) is 12.8. The average Bonchev–Trinajstić information content (AvgIpc) is 2.75. The number of fused-ring (bicyclic) bond motifs is 7. The van der Waals surface area contributed by atoms with Gasteiger partial charge in [0.05, 0.1) is 17.6 Å². The molecule has 0 radical (unpaired) electrons. The fourth-order valence-corrected chi connectivity index (χ4v) is 11.0. The van der Waals surface area contributed by atoms with Crippen LogP contribution in [-0.4, -0.2) is 33.5 Å². The third-order valence-electron chi connectivity index (χ3n) is 13.4. The molecule has 0 aromatic heterocycles. The molecule has 192 valence electrons. The zero-order chi connectivity index (χ0) is 25.1. The van der Waals surface area contributed by atoms with Gasteiger partial charge in [-0.25, -0.2) is 0 Å². The highest BCUT2D eigenvalue weighted by molar-refractivity contribution is 5.76. The lowest BCUT2D eigenvalue weighted by molar-refractivity contribution is -0.232. The topological polar surface area (TPSA) is 77.8 Å². The zero-order valence-electron chi connectivity index (χ0n) is 22.5.